The highest BCUT2D eigenvalue weighted by Crippen LogP contribution is 2.14. The second-order valence-corrected chi connectivity index (χ2v) is 6.95. The Hall–Kier alpha value is -0.990. The van der Waals surface area contributed by atoms with Gasteiger partial charge in [-0.3, -0.25) is 0 Å². The first-order valence-electron chi connectivity index (χ1n) is 10.3. The Bertz CT molecular complexity index is 292. The van der Waals surface area contributed by atoms with Crippen LogP contribution in [0.2, 0.25) is 0 Å². The average molecular weight is 340 g/mol. The number of rotatable bonds is 18. The summed E-state index contributed by atoms with van der Waals surface area (Å²) in [6, 6.07) is 0. The summed E-state index contributed by atoms with van der Waals surface area (Å²) >= 11 is 0. The largest absolute Gasteiger partial charge is 0.442 e. The molecule has 0 aromatic rings. The molecule has 1 atom stereocenters. The van der Waals surface area contributed by atoms with Gasteiger partial charge in [-0.15, -0.1) is 0 Å². The third kappa shape index (κ3) is 17.4. The number of primary amides is 1. The van der Waals surface area contributed by atoms with Gasteiger partial charge in [0.1, 0.15) is 6.10 Å². The molecule has 0 aliphatic heterocycles. The summed E-state index contributed by atoms with van der Waals surface area (Å²) in [5, 5.41) is 0. The van der Waals surface area contributed by atoms with Crippen LogP contribution in [0.15, 0.2) is 12.7 Å². The van der Waals surface area contributed by atoms with Crippen LogP contribution in [0.3, 0.4) is 0 Å². The summed E-state index contributed by atoms with van der Waals surface area (Å²) in [5.41, 5.74) is 5.02. The predicted molar refractivity (Wildman–Crippen MR) is 104 cm³/mol. The van der Waals surface area contributed by atoms with E-state index in [0.29, 0.717) is 0 Å². The molecule has 3 heteroatoms. The van der Waals surface area contributed by atoms with Crippen LogP contribution < -0.4 is 5.73 Å². The first kappa shape index (κ1) is 23.0. The molecule has 1 amide bonds. The second kappa shape index (κ2) is 18.4. The molecule has 3 nitrogen and oxygen atoms in total. The van der Waals surface area contributed by atoms with Crippen molar-refractivity contribution in [3.63, 3.8) is 0 Å². The van der Waals surface area contributed by atoms with E-state index in [-0.39, 0.29) is 6.10 Å². The fourth-order valence-corrected chi connectivity index (χ4v) is 3.09. The summed E-state index contributed by atoms with van der Waals surface area (Å²) in [5.74, 6) is 0. The number of carbonyl (C=O) groups excluding carboxylic acids is 1. The maximum atomic E-state index is 10.7. The number of amides is 1. The van der Waals surface area contributed by atoms with E-state index in [2.05, 4.69) is 13.5 Å². The Morgan fingerprint density at radius 2 is 1.21 bits per heavy atom. The topological polar surface area (TPSA) is 52.3 Å². The van der Waals surface area contributed by atoms with Crippen LogP contribution in [0.5, 0.6) is 0 Å². The number of hydrogen-bond donors (Lipinski definition) is 1. The molecule has 0 bridgehead atoms. The minimum absolute atomic E-state index is 0.218. The predicted octanol–water partition coefficient (Wildman–Crippen LogP) is 6.90. The molecule has 0 aromatic carbocycles. The van der Waals surface area contributed by atoms with Crippen LogP contribution in [-0.2, 0) is 4.74 Å². The summed E-state index contributed by atoms with van der Waals surface area (Å²) in [6.45, 7) is 5.94. The smallest absolute Gasteiger partial charge is 0.405 e. The fraction of sp³-hybridized carbons (Fsp3) is 0.857. The number of nitrogens with two attached hydrogens (primary N) is 1. The number of hydrogen-bond acceptors (Lipinski definition) is 2. The van der Waals surface area contributed by atoms with Gasteiger partial charge in [-0.05, 0) is 12.8 Å². The third-order valence-corrected chi connectivity index (χ3v) is 4.62. The second-order valence-electron chi connectivity index (χ2n) is 6.95. The molecule has 0 aromatic heterocycles. The Morgan fingerprint density at radius 1 is 0.833 bits per heavy atom. The molecule has 0 spiro atoms. The van der Waals surface area contributed by atoms with Gasteiger partial charge in [-0.25, -0.2) is 4.79 Å². The van der Waals surface area contributed by atoms with Crippen LogP contribution in [0.4, 0.5) is 4.79 Å². The van der Waals surface area contributed by atoms with E-state index in [1.165, 1.54) is 89.9 Å². The lowest BCUT2D eigenvalue weighted by atomic mass is 10.0. The molecule has 0 saturated carbocycles. The Kier molecular flexibility index (Phi) is 17.6. The van der Waals surface area contributed by atoms with Crippen LogP contribution in [-0.4, -0.2) is 12.2 Å². The van der Waals surface area contributed by atoms with E-state index in [0.717, 1.165) is 12.8 Å². The van der Waals surface area contributed by atoms with Gasteiger partial charge in [-0.1, -0.05) is 109 Å². The molecule has 0 rings (SSSR count). The van der Waals surface area contributed by atoms with Crippen LogP contribution >= 0.6 is 0 Å². The van der Waals surface area contributed by atoms with Crippen molar-refractivity contribution in [1.82, 2.24) is 0 Å². The summed E-state index contributed by atoms with van der Waals surface area (Å²) < 4.78 is 4.94. The van der Waals surface area contributed by atoms with Gasteiger partial charge in [-0.2, -0.15) is 0 Å². The number of carbonyl (C=O) groups is 1. The lowest BCUT2D eigenvalue weighted by molar-refractivity contribution is 0.123. The summed E-state index contributed by atoms with van der Waals surface area (Å²) in [4.78, 5) is 10.7. The maximum Gasteiger partial charge on any atom is 0.405 e. The fourth-order valence-electron chi connectivity index (χ4n) is 3.09. The van der Waals surface area contributed by atoms with E-state index in [1.807, 2.05) is 0 Å². The Labute approximate surface area is 150 Å². The van der Waals surface area contributed by atoms with E-state index in [4.69, 9.17) is 10.5 Å². The molecule has 0 saturated heterocycles. The summed E-state index contributed by atoms with van der Waals surface area (Å²) in [7, 11) is 0. The normalized spacial score (nSPS) is 12.0. The molecule has 142 valence electrons. The quantitative estimate of drug-likeness (QED) is 0.218. The van der Waals surface area contributed by atoms with Gasteiger partial charge in [0.25, 0.3) is 0 Å². The number of unbranched alkanes of at least 4 members (excludes halogenated alkanes) is 14. The highest BCUT2D eigenvalue weighted by atomic mass is 16.6. The SMILES string of the molecule is C=CC(CCCCCCCCCCCCCCCCC)OC(N)=O. The highest BCUT2D eigenvalue weighted by Gasteiger charge is 2.07. The molecule has 0 aliphatic carbocycles. The van der Waals surface area contributed by atoms with Crippen LogP contribution in [0, 0.1) is 0 Å². The lowest BCUT2D eigenvalue weighted by Gasteiger charge is -2.11. The van der Waals surface area contributed by atoms with Crippen LogP contribution in [0.25, 0.3) is 0 Å². The van der Waals surface area contributed by atoms with Crippen molar-refractivity contribution in [3.8, 4) is 0 Å². The average Bonchev–Trinajstić information content (AvgIpc) is 2.56. The monoisotopic (exact) mass is 339 g/mol. The lowest BCUT2D eigenvalue weighted by Crippen LogP contribution is -2.20. The summed E-state index contributed by atoms with van der Waals surface area (Å²) in [6.07, 6.45) is 21.9. The first-order chi connectivity index (χ1) is 11.7. The zero-order valence-corrected chi connectivity index (χ0v) is 16.1. The third-order valence-electron chi connectivity index (χ3n) is 4.62. The molecule has 0 heterocycles. The van der Waals surface area contributed by atoms with Crippen molar-refractivity contribution in [3.05, 3.63) is 12.7 Å². The molecule has 0 aliphatic rings. The molecule has 24 heavy (non-hydrogen) atoms. The molecular formula is C21H41NO2. The van der Waals surface area contributed by atoms with Crippen molar-refractivity contribution in [2.45, 2.75) is 116 Å². The molecule has 0 radical (unpaired) electrons. The van der Waals surface area contributed by atoms with Crippen molar-refractivity contribution in [2.75, 3.05) is 0 Å². The van der Waals surface area contributed by atoms with E-state index >= 15 is 0 Å². The molecule has 2 N–H and O–H groups in total. The van der Waals surface area contributed by atoms with E-state index in [1.54, 1.807) is 6.08 Å². The minimum Gasteiger partial charge on any atom is -0.442 e. The standard InChI is InChI=1S/C21H41NO2/c1-3-5-6-7-8-9-10-11-12-13-14-15-16-17-18-19-20(4-2)24-21(22)23/h4,20H,2-3,5-19H2,1H3,(H2,22,23). The van der Waals surface area contributed by atoms with Crippen LogP contribution in [0.1, 0.15) is 110 Å². The van der Waals surface area contributed by atoms with Gasteiger partial charge >= 0.3 is 6.09 Å². The number of ether oxygens (including phenoxy) is 1. The first-order valence-corrected chi connectivity index (χ1v) is 10.3. The van der Waals surface area contributed by atoms with Crippen molar-refractivity contribution < 1.29 is 9.53 Å². The molecular weight excluding hydrogens is 298 g/mol. The van der Waals surface area contributed by atoms with Gasteiger partial charge in [0.15, 0.2) is 0 Å². The van der Waals surface area contributed by atoms with Gasteiger partial charge < -0.3 is 10.5 Å². The van der Waals surface area contributed by atoms with E-state index < -0.39 is 6.09 Å². The zero-order valence-electron chi connectivity index (χ0n) is 16.1. The van der Waals surface area contributed by atoms with Gasteiger partial charge in [0.2, 0.25) is 0 Å². The Balaban J connectivity index is 3.17. The van der Waals surface area contributed by atoms with E-state index in [9.17, 15) is 4.79 Å². The minimum atomic E-state index is -0.708. The van der Waals surface area contributed by atoms with Crippen molar-refractivity contribution in [1.29, 1.82) is 0 Å². The highest BCUT2D eigenvalue weighted by molar-refractivity contribution is 5.64. The van der Waals surface area contributed by atoms with Gasteiger partial charge in [0.05, 0.1) is 0 Å². The zero-order chi connectivity index (χ0) is 17.9. The Morgan fingerprint density at radius 3 is 1.54 bits per heavy atom. The van der Waals surface area contributed by atoms with Gasteiger partial charge in [0, 0.05) is 0 Å². The molecule has 1 unspecified atom stereocenters. The maximum absolute atomic E-state index is 10.7. The van der Waals surface area contributed by atoms with Crippen molar-refractivity contribution in [2.24, 2.45) is 5.73 Å². The molecule has 0 fully saturated rings. The van der Waals surface area contributed by atoms with Crippen molar-refractivity contribution >= 4 is 6.09 Å².